The van der Waals surface area contributed by atoms with Crippen molar-refractivity contribution in [2.24, 2.45) is 0 Å². The summed E-state index contributed by atoms with van der Waals surface area (Å²) in [6.07, 6.45) is -3.41. The fourth-order valence-electron chi connectivity index (χ4n) is 1.23. The van der Waals surface area contributed by atoms with Gasteiger partial charge in [0.05, 0.1) is 7.11 Å². The molecule has 2 atom stereocenters. The molecule has 0 radical (unpaired) electrons. The molecule has 2 unspecified atom stereocenters. The molecule has 6 heteroatoms. The number of aliphatic carboxylic acids is 1. The summed E-state index contributed by atoms with van der Waals surface area (Å²) < 4.78 is 5.71. The van der Waals surface area contributed by atoms with Crippen molar-refractivity contribution in [2.45, 2.75) is 12.2 Å². The van der Waals surface area contributed by atoms with E-state index in [4.69, 9.17) is 9.84 Å². The lowest BCUT2D eigenvalue weighted by Crippen LogP contribution is -2.27. The van der Waals surface area contributed by atoms with E-state index in [2.05, 4.69) is 15.9 Å². The molecule has 1 aromatic rings. The molecule has 0 amide bonds. The van der Waals surface area contributed by atoms with Crippen LogP contribution in [0.1, 0.15) is 11.7 Å². The highest BCUT2D eigenvalue weighted by Gasteiger charge is 2.27. The second-order valence-corrected chi connectivity index (χ2v) is 4.03. The molecule has 0 aliphatic rings. The van der Waals surface area contributed by atoms with Gasteiger partial charge in [0.25, 0.3) is 0 Å². The lowest BCUT2D eigenvalue weighted by molar-refractivity contribution is -0.153. The van der Waals surface area contributed by atoms with Crippen molar-refractivity contribution in [1.29, 1.82) is 0 Å². The van der Waals surface area contributed by atoms with Crippen LogP contribution in [0.15, 0.2) is 22.7 Å². The summed E-state index contributed by atoms with van der Waals surface area (Å²) in [5.41, 5.74) is 0.223. The number of carboxylic acid groups (broad SMARTS) is 1. The Morgan fingerprint density at radius 1 is 1.44 bits per heavy atom. The second-order valence-electron chi connectivity index (χ2n) is 3.11. The SMILES string of the molecule is COc1cc(Br)ccc1C(O)C(O)C(=O)O. The van der Waals surface area contributed by atoms with Gasteiger partial charge in [-0.3, -0.25) is 0 Å². The Labute approximate surface area is 100 Å². The quantitative estimate of drug-likeness (QED) is 0.768. The van der Waals surface area contributed by atoms with Crippen LogP contribution >= 0.6 is 15.9 Å². The van der Waals surface area contributed by atoms with Crippen molar-refractivity contribution in [3.05, 3.63) is 28.2 Å². The minimum Gasteiger partial charge on any atom is -0.496 e. The first-order chi connectivity index (χ1) is 7.47. The van der Waals surface area contributed by atoms with E-state index in [-0.39, 0.29) is 5.56 Å². The average molecular weight is 291 g/mol. The number of carbonyl (C=O) groups is 1. The monoisotopic (exact) mass is 290 g/mol. The number of methoxy groups -OCH3 is 1. The van der Waals surface area contributed by atoms with Gasteiger partial charge in [-0.1, -0.05) is 22.0 Å². The van der Waals surface area contributed by atoms with Crippen molar-refractivity contribution in [3.8, 4) is 5.75 Å². The van der Waals surface area contributed by atoms with Crippen molar-refractivity contribution in [1.82, 2.24) is 0 Å². The number of aliphatic hydroxyl groups is 2. The molecule has 0 aliphatic carbocycles. The number of benzene rings is 1. The van der Waals surface area contributed by atoms with E-state index in [9.17, 15) is 15.0 Å². The fraction of sp³-hybridized carbons (Fsp3) is 0.300. The van der Waals surface area contributed by atoms with Crippen molar-refractivity contribution >= 4 is 21.9 Å². The van der Waals surface area contributed by atoms with Gasteiger partial charge in [-0.25, -0.2) is 4.79 Å². The van der Waals surface area contributed by atoms with Gasteiger partial charge in [-0.05, 0) is 12.1 Å². The third kappa shape index (κ3) is 2.72. The van der Waals surface area contributed by atoms with Gasteiger partial charge in [0.2, 0.25) is 0 Å². The number of hydrogen-bond acceptors (Lipinski definition) is 4. The summed E-state index contributed by atoms with van der Waals surface area (Å²) in [6.45, 7) is 0. The van der Waals surface area contributed by atoms with E-state index in [0.29, 0.717) is 5.75 Å². The van der Waals surface area contributed by atoms with Gasteiger partial charge in [-0.2, -0.15) is 0 Å². The third-order valence-electron chi connectivity index (χ3n) is 2.07. The first-order valence-corrected chi connectivity index (χ1v) is 5.19. The summed E-state index contributed by atoms with van der Waals surface area (Å²) >= 11 is 3.21. The summed E-state index contributed by atoms with van der Waals surface area (Å²) in [5.74, 6) is -1.18. The number of ether oxygens (including phenoxy) is 1. The number of hydrogen-bond donors (Lipinski definition) is 3. The van der Waals surface area contributed by atoms with Gasteiger partial charge in [0.15, 0.2) is 6.10 Å². The molecule has 0 aromatic heterocycles. The lowest BCUT2D eigenvalue weighted by atomic mass is 10.0. The predicted octanol–water partition coefficient (Wildman–Crippen LogP) is 0.937. The highest BCUT2D eigenvalue weighted by atomic mass is 79.9. The van der Waals surface area contributed by atoms with Crippen LogP contribution in [-0.4, -0.2) is 34.5 Å². The zero-order valence-corrected chi connectivity index (χ0v) is 10.0. The van der Waals surface area contributed by atoms with Gasteiger partial charge in [0, 0.05) is 10.0 Å². The lowest BCUT2D eigenvalue weighted by Gasteiger charge is -2.17. The number of rotatable bonds is 4. The second kappa shape index (κ2) is 5.29. The molecule has 1 rings (SSSR count). The molecule has 0 heterocycles. The molecule has 3 N–H and O–H groups in total. The summed E-state index contributed by atoms with van der Waals surface area (Å²) in [6, 6.07) is 4.68. The predicted molar refractivity (Wildman–Crippen MR) is 59.3 cm³/mol. The Hall–Kier alpha value is -1.11. The zero-order chi connectivity index (χ0) is 12.3. The van der Waals surface area contributed by atoms with E-state index in [0.717, 1.165) is 4.47 Å². The van der Waals surface area contributed by atoms with Crippen LogP contribution < -0.4 is 4.74 Å². The Balaban J connectivity index is 3.07. The van der Waals surface area contributed by atoms with Crippen LogP contribution in [0.4, 0.5) is 0 Å². The van der Waals surface area contributed by atoms with Crippen LogP contribution in [0.5, 0.6) is 5.75 Å². The van der Waals surface area contributed by atoms with Crippen LogP contribution in [0, 0.1) is 0 Å². The van der Waals surface area contributed by atoms with Gasteiger partial charge in [0.1, 0.15) is 11.9 Å². The van der Waals surface area contributed by atoms with Gasteiger partial charge in [-0.15, -0.1) is 0 Å². The van der Waals surface area contributed by atoms with Crippen LogP contribution in [0.3, 0.4) is 0 Å². The molecule has 0 bridgehead atoms. The normalized spacial score (nSPS) is 14.2. The first-order valence-electron chi connectivity index (χ1n) is 4.39. The van der Waals surface area contributed by atoms with Crippen LogP contribution in [-0.2, 0) is 4.79 Å². The van der Waals surface area contributed by atoms with E-state index in [1.807, 2.05) is 0 Å². The molecule has 0 aliphatic heterocycles. The number of carboxylic acids is 1. The van der Waals surface area contributed by atoms with Crippen LogP contribution in [0.2, 0.25) is 0 Å². The Bertz CT molecular complexity index is 393. The van der Waals surface area contributed by atoms with E-state index < -0.39 is 18.2 Å². The smallest absolute Gasteiger partial charge is 0.335 e. The highest BCUT2D eigenvalue weighted by Crippen LogP contribution is 2.30. The zero-order valence-electron chi connectivity index (χ0n) is 8.42. The maximum atomic E-state index is 10.5. The molecule has 16 heavy (non-hydrogen) atoms. The van der Waals surface area contributed by atoms with Gasteiger partial charge < -0.3 is 20.1 Å². The molecular weight excluding hydrogens is 280 g/mol. The minimum absolute atomic E-state index is 0.223. The minimum atomic E-state index is -1.88. The molecule has 5 nitrogen and oxygen atoms in total. The molecule has 0 spiro atoms. The standard InChI is InChI=1S/C10H11BrO5/c1-16-7-4-5(11)2-3-6(7)8(12)9(13)10(14)15/h2-4,8-9,12-13H,1H3,(H,14,15). The topological polar surface area (TPSA) is 87.0 Å². The summed E-state index contributed by atoms with van der Waals surface area (Å²) in [4.78, 5) is 10.5. The third-order valence-corrected chi connectivity index (χ3v) is 2.56. The average Bonchev–Trinajstić information content (AvgIpc) is 2.26. The Morgan fingerprint density at radius 2 is 2.06 bits per heavy atom. The highest BCUT2D eigenvalue weighted by molar-refractivity contribution is 9.10. The molecular formula is C10H11BrO5. The van der Waals surface area contributed by atoms with E-state index in [1.54, 1.807) is 12.1 Å². The maximum Gasteiger partial charge on any atom is 0.335 e. The van der Waals surface area contributed by atoms with Crippen molar-refractivity contribution in [3.63, 3.8) is 0 Å². The van der Waals surface area contributed by atoms with Crippen molar-refractivity contribution in [2.75, 3.05) is 7.11 Å². The number of halogens is 1. The molecule has 0 saturated carbocycles. The number of aliphatic hydroxyl groups excluding tert-OH is 2. The van der Waals surface area contributed by atoms with Gasteiger partial charge >= 0.3 is 5.97 Å². The fourth-order valence-corrected chi connectivity index (χ4v) is 1.57. The van der Waals surface area contributed by atoms with Crippen molar-refractivity contribution < 1.29 is 24.9 Å². The maximum absolute atomic E-state index is 10.5. The Kier molecular flexibility index (Phi) is 4.28. The first kappa shape index (κ1) is 13.0. The summed E-state index contributed by atoms with van der Waals surface area (Å²) in [5, 5.41) is 27.4. The molecule has 1 aromatic carbocycles. The molecule has 0 saturated heterocycles. The molecule has 0 fully saturated rings. The summed E-state index contributed by atoms with van der Waals surface area (Å²) in [7, 11) is 1.39. The Morgan fingerprint density at radius 3 is 2.56 bits per heavy atom. The van der Waals surface area contributed by atoms with E-state index in [1.165, 1.54) is 13.2 Å². The largest absolute Gasteiger partial charge is 0.496 e. The molecule has 88 valence electrons. The van der Waals surface area contributed by atoms with Crippen LogP contribution in [0.25, 0.3) is 0 Å². The van der Waals surface area contributed by atoms with E-state index >= 15 is 0 Å².